The molecule has 0 bridgehead atoms. The molecule has 2 N–H and O–H groups in total. The van der Waals surface area contributed by atoms with Crippen molar-refractivity contribution in [2.24, 2.45) is 10.7 Å². The first-order valence-electron chi connectivity index (χ1n) is 7.22. The first-order chi connectivity index (χ1) is 9.19. The fourth-order valence-corrected chi connectivity index (χ4v) is 2.74. The van der Waals surface area contributed by atoms with Gasteiger partial charge < -0.3 is 10.5 Å². The van der Waals surface area contributed by atoms with E-state index in [2.05, 4.69) is 13.8 Å². The molecule has 1 fully saturated rings. The first-order valence-corrected chi connectivity index (χ1v) is 7.22. The minimum absolute atomic E-state index is 0.00336. The summed E-state index contributed by atoms with van der Waals surface area (Å²) in [5.74, 6) is 0.647. The van der Waals surface area contributed by atoms with Crippen LogP contribution in [0.25, 0.3) is 0 Å². The molecule has 3 heteroatoms. The number of nitrogens with zero attached hydrogens (tertiary/aromatic N) is 1. The number of amidine groups is 1. The molecule has 0 amide bonds. The van der Waals surface area contributed by atoms with Crippen molar-refractivity contribution < 1.29 is 4.74 Å². The third-order valence-electron chi connectivity index (χ3n) is 4.15. The smallest absolute Gasteiger partial charge is 0.125 e. The lowest BCUT2D eigenvalue weighted by Crippen LogP contribution is -2.41. The van der Waals surface area contributed by atoms with E-state index in [1.807, 2.05) is 30.3 Å². The van der Waals surface area contributed by atoms with Crippen molar-refractivity contribution in [3.8, 4) is 0 Å². The number of nitrogens with two attached hydrogens (primary N) is 1. The van der Waals surface area contributed by atoms with Crippen molar-refractivity contribution in [3.05, 3.63) is 35.9 Å². The molecule has 19 heavy (non-hydrogen) atoms. The molecule has 1 aliphatic rings. The summed E-state index contributed by atoms with van der Waals surface area (Å²) < 4.78 is 5.97. The Bertz CT molecular complexity index is 424. The minimum Gasteiger partial charge on any atom is -0.383 e. The van der Waals surface area contributed by atoms with E-state index in [9.17, 15) is 0 Å². The van der Waals surface area contributed by atoms with Gasteiger partial charge in [0, 0.05) is 12.2 Å². The summed E-state index contributed by atoms with van der Waals surface area (Å²) in [6.07, 6.45) is 4.03. The van der Waals surface area contributed by atoms with Gasteiger partial charge in [-0.2, -0.15) is 0 Å². The van der Waals surface area contributed by atoms with E-state index in [1.165, 1.54) is 0 Å². The predicted octanol–water partition coefficient (Wildman–Crippen LogP) is 3.13. The van der Waals surface area contributed by atoms with Gasteiger partial charge in [-0.05, 0) is 25.7 Å². The summed E-state index contributed by atoms with van der Waals surface area (Å²) in [7, 11) is 0. The van der Waals surface area contributed by atoms with Crippen LogP contribution in [0.2, 0.25) is 0 Å². The van der Waals surface area contributed by atoms with Crippen molar-refractivity contribution in [1.82, 2.24) is 0 Å². The summed E-state index contributed by atoms with van der Waals surface area (Å²) in [5.41, 5.74) is 7.12. The predicted molar refractivity (Wildman–Crippen MR) is 79.5 cm³/mol. The maximum Gasteiger partial charge on any atom is 0.125 e. The molecule has 0 saturated carbocycles. The second-order valence-electron chi connectivity index (χ2n) is 5.27. The number of aliphatic imine (C=N–C) groups is 1. The van der Waals surface area contributed by atoms with Crippen LogP contribution >= 0.6 is 0 Å². The van der Waals surface area contributed by atoms with E-state index in [-0.39, 0.29) is 11.6 Å². The van der Waals surface area contributed by atoms with E-state index in [0.717, 1.165) is 37.9 Å². The van der Waals surface area contributed by atoms with Crippen molar-refractivity contribution in [3.63, 3.8) is 0 Å². The Kier molecular flexibility index (Phi) is 4.59. The van der Waals surface area contributed by atoms with Gasteiger partial charge in [-0.3, -0.25) is 4.99 Å². The molecule has 1 aliphatic heterocycles. The average Bonchev–Trinajstić information content (AvgIpc) is 2.48. The zero-order chi connectivity index (χ0) is 13.7. The van der Waals surface area contributed by atoms with E-state index in [4.69, 9.17) is 15.5 Å². The van der Waals surface area contributed by atoms with Crippen LogP contribution in [0.1, 0.15) is 45.1 Å². The van der Waals surface area contributed by atoms with Crippen LogP contribution in [0, 0.1) is 0 Å². The molecule has 1 aromatic carbocycles. The maximum atomic E-state index is 6.11. The highest BCUT2D eigenvalue weighted by atomic mass is 16.5. The molecule has 1 saturated heterocycles. The van der Waals surface area contributed by atoms with Crippen molar-refractivity contribution in [1.29, 1.82) is 0 Å². The second kappa shape index (κ2) is 6.20. The fourth-order valence-electron chi connectivity index (χ4n) is 2.74. The molecule has 3 nitrogen and oxygen atoms in total. The zero-order valence-electron chi connectivity index (χ0n) is 11.9. The Morgan fingerprint density at radius 2 is 2.00 bits per heavy atom. The zero-order valence-corrected chi connectivity index (χ0v) is 11.9. The second-order valence-corrected chi connectivity index (χ2v) is 5.27. The van der Waals surface area contributed by atoms with Crippen LogP contribution in [0.3, 0.4) is 0 Å². The van der Waals surface area contributed by atoms with Crippen LogP contribution in [0.5, 0.6) is 0 Å². The average molecular weight is 260 g/mol. The standard InChI is InChI=1S/C16H24N2O/c1-3-16(4-2)12-14(10-11-19-16)18-15(17)13-8-6-5-7-9-13/h5-9,14H,3-4,10-12H2,1-2H3,(H2,17,18). The summed E-state index contributed by atoms with van der Waals surface area (Å²) in [5, 5.41) is 0. The maximum absolute atomic E-state index is 6.11. The summed E-state index contributed by atoms with van der Waals surface area (Å²) in [4.78, 5) is 4.71. The van der Waals surface area contributed by atoms with Crippen molar-refractivity contribution in [2.75, 3.05) is 6.61 Å². The summed E-state index contributed by atoms with van der Waals surface area (Å²) in [6.45, 7) is 5.17. The highest BCUT2D eigenvalue weighted by Crippen LogP contribution is 2.32. The summed E-state index contributed by atoms with van der Waals surface area (Å²) in [6, 6.07) is 10.3. The highest BCUT2D eigenvalue weighted by Gasteiger charge is 2.34. The van der Waals surface area contributed by atoms with Gasteiger partial charge in [-0.1, -0.05) is 44.2 Å². The molecule has 0 spiro atoms. The van der Waals surface area contributed by atoms with E-state index in [1.54, 1.807) is 0 Å². The molecule has 104 valence electrons. The molecule has 1 heterocycles. The van der Waals surface area contributed by atoms with Gasteiger partial charge in [0.05, 0.1) is 11.6 Å². The summed E-state index contributed by atoms with van der Waals surface area (Å²) >= 11 is 0. The van der Waals surface area contributed by atoms with Gasteiger partial charge >= 0.3 is 0 Å². The minimum atomic E-state index is 0.00336. The SMILES string of the molecule is CCC1(CC)CC(N=C(N)c2ccccc2)CCO1. The molecule has 0 aromatic heterocycles. The van der Waals surface area contributed by atoms with Crippen LogP contribution in [0.15, 0.2) is 35.3 Å². The molecule has 1 aromatic rings. The molecule has 1 atom stereocenters. The normalized spacial score (nSPS) is 23.3. The Labute approximate surface area is 115 Å². The Morgan fingerprint density at radius 1 is 1.32 bits per heavy atom. The lowest BCUT2D eigenvalue weighted by molar-refractivity contribution is -0.0884. The lowest BCUT2D eigenvalue weighted by atomic mass is 9.86. The van der Waals surface area contributed by atoms with Gasteiger partial charge in [0.25, 0.3) is 0 Å². The first kappa shape index (κ1) is 14.1. The van der Waals surface area contributed by atoms with Crippen molar-refractivity contribution in [2.45, 2.75) is 51.2 Å². The van der Waals surface area contributed by atoms with Gasteiger partial charge in [0.1, 0.15) is 5.84 Å². The number of rotatable bonds is 4. The number of ether oxygens (including phenoxy) is 1. The third kappa shape index (κ3) is 3.35. The van der Waals surface area contributed by atoms with Crippen LogP contribution in [-0.4, -0.2) is 24.1 Å². The molecule has 0 aliphatic carbocycles. The van der Waals surface area contributed by atoms with Gasteiger partial charge in [-0.25, -0.2) is 0 Å². The Hall–Kier alpha value is -1.35. The van der Waals surface area contributed by atoms with Gasteiger partial charge in [-0.15, -0.1) is 0 Å². The highest BCUT2D eigenvalue weighted by molar-refractivity contribution is 5.97. The lowest BCUT2D eigenvalue weighted by Gasteiger charge is -2.38. The van der Waals surface area contributed by atoms with Crippen LogP contribution in [0.4, 0.5) is 0 Å². The van der Waals surface area contributed by atoms with Crippen molar-refractivity contribution >= 4 is 5.84 Å². The Balaban J connectivity index is 2.10. The Morgan fingerprint density at radius 3 is 2.63 bits per heavy atom. The number of benzene rings is 1. The largest absolute Gasteiger partial charge is 0.383 e. The number of hydrogen-bond donors (Lipinski definition) is 1. The van der Waals surface area contributed by atoms with Gasteiger partial charge in [0.2, 0.25) is 0 Å². The number of hydrogen-bond acceptors (Lipinski definition) is 2. The fraction of sp³-hybridized carbons (Fsp3) is 0.562. The van der Waals surface area contributed by atoms with Crippen LogP contribution in [-0.2, 0) is 4.74 Å². The van der Waals surface area contributed by atoms with Crippen LogP contribution < -0.4 is 5.73 Å². The monoisotopic (exact) mass is 260 g/mol. The third-order valence-corrected chi connectivity index (χ3v) is 4.15. The van der Waals surface area contributed by atoms with E-state index < -0.39 is 0 Å². The molecular weight excluding hydrogens is 236 g/mol. The molecular formula is C16H24N2O. The molecule has 2 rings (SSSR count). The quantitative estimate of drug-likeness (QED) is 0.668. The van der Waals surface area contributed by atoms with E-state index >= 15 is 0 Å². The molecule has 1 unspecified atom stereocenters. The topological polar surface area (TPSA) is 47.6 Å². The van der Waals surface area contributed by atoms with Gasteiger partial charge in [0.15, 0.2) is 0 Å². The molecule has 0 radical (unpaired) electrons. The van der Waals surface area contributed by atoms with E-state index in [0.29, 0.717) is 5.84 Å².